The van der Waals surface area contributed by atoms with Crippen molar-refractivity contribution in [1.82, 2.24) is 0 Å². The lowest BCUT2D eigenvalue weighted by Crippen LogP contribution is -2.42. The molecule has 1 nitrogen and oxygen atoms in total. The molecule has 0 aromatic rings. The fraction of sp³-hybridized carbons (Fsp3) is 1.00. The van der Waals surface area contributed by atoms with Gasteiger partial charge in [-0.05, 0) is 12.8 Å². The van der Waals surface area contributed by atoms with Gasteiger partial charge in [0.1, 0.15) is 0 Å². The third-order valence-electron chi connectivity index (χ3n) is 1.97. The van der Waals surface area contributed by atoms with Gasteiger partial charge in [0, 0.05) is 6.42 Å². The number of aliphatic hydroxyl groups is 1. The minimum Gasteiger partial charge on any atom is -0.393 e. The molecule has 0 amide bonds. The first-order valence-electron chi connectivity index (χ1n) is 3.19. The number of halogens is 3. The van der Waals surface area contributed by atoms with Crippen LogP contribution in [0.1, 0.15) is 19.3 Å². The van der Waals surface area contributed by atoms with Gasteiger partial charge in [0.15, 0.2) is 5.67 Å². The molecule has 1 N–H and O–H groups in total. The second-order valence-corrected chi connectivity index (χ2v) is 2.68. The molecule has 0 aromatic heterocycles. The molecule has 1 saturated carbocycles. The van der Waals surface area contributed by atoms with Crippen LogP contribution in [0.25, 0.3) is 0 Å². The normalized spacial score (nSPS) is 38.4. The second kappa shape index (κ2) is 2.12. The van der Waals surface area contributed by atoms with Crippen molar-refractivity contribution in [3.63, 3.8) is 0 Å². The highest BCUT2D eigenvalue weighted by molar-refractivity contribution is 4.98. The Labute approximate surface area is 56.8 Å². The number of hydrogen-bond donors (Lipinski definition) is 1. The lowest BCUT2D eigenvalue weighted by molar-refractivity contribution is -0.134. The first-order chi connectivity index (χ1) is 4.52. The van der Waals surface area contributed by atoms with E-state index in [-0.39, 0.29) is 12.8 Å². The number of rotatable bonds is 1. The maximum atomic E-state index is 12.8. The summed E-state index contributed by atoms with van der Waals surface area (Å²) in [4.78, 5) is 0. The van der Waals surface area contributed by atoms with Gasteiger partial charge in [-0.15, -0.1) is 0 Å². The number of hydrogen-bond acceptors (Lipinski definition) is 1. The average Bonchev–Trinajstić information content (AvgIpc) is 2.10. The molecule has 4 heteroatoms. The highest BCUT2D eigenvalue weighted by atomic mass is 19.3. The Morgan fingerprint density at radius 2 is 1.80 bits per heavy atom. The van der Waals surface area contributed by atoms with Gasteiger partial charge in [-0.3, -0.25) is 0 Å². The quantitative estimate of drug-likeness (QED) is 0.606. The summed E-state index contributed by atoms with van der Waals surface area (Å²) in [6, 6.07) is 0. The molecule has 1 unspecified atom stereocenters. The summed E-state index contributed by atoms with van der Waals surface area (Å²) in [5.41, 5.74) is -2.65. The fourth-order valence-corrected chi connectivity index (χ4v) is 1.19. The van der Waals surface area contributed by atoms with Gasteiger partial charge in [0.05, 0.1) is 6.61 Å². The molecule has 0 radical (unpaired) electrons. The van der Waals surface area contributed by atoms with E-state index in [0.29, 0.717) is 0 Å². The van der Waals surface area contributed by atoms with Gasteiger partial charge in [0.2, 0.25) is 0 Å². The van der Waals surface area contributed by atoms with Gasteiger partial charge in [-0.2, -0.15) is 0 Å². The largest absolute Gasteiger partial charge is 0.393 e. The topological polar surface area (TPSA) is 20.2 Å². The third-order valence-corrected chi connectivity index (χ3v) is 1.97. The van der Waals surface area contributed by atoms with E-state index in [0.717, 1.165) is 0 Å². The lowest BCUT2D eigenvalue weighted by Gasteiger charge is -2.23. The Morgan fingerprint density at radius 1 is 1.20 bits per heavy atom. The molecule has 0 saturated heterocycles. The van der Waals surface area contributed by atoms with Crippen LogP contribution in [0.15, 0.2) is 0 Å². The number of alkyl halides is 3. The molecule has 0 aliphatic heterocycles. The molecule has 1 fully saturated rings. The highest BCUT2D eigenvalue weighted by Crippen LogP contribution is 2.45. The van der Waals surface area contributed by atoms with Crippen LogP contribution in [0.2, 0.25) is 0 Å². The van der Waals surface area contributed by atoms with Crippen LogP contribution in [0.5, 0.6) is 0 Å². The molecular formula is C6H9F3O. The molecule has 1 atom stereocenters. The van der Waals surface area contributed by atoms with Crippen LogP contribution in [0, 0.1) is 0 Å². The molecule has 1 aliphatic carbocycles. The molecule has 1 rings (SSSR count). The van der Waals surface area contributed by atoms with Crippen molar-refractivity contribution in [2.75, 3.05) is 6.61 Å². The monoisotopic (exact) mass is 154 g/mol. The van der Waals surface area contributed by atoms with Crippen LogP contribution in [-0.2, 0) is 0 Å². The zero-order chi connectivity index (χ0) is 7.83. The van der Waals surface area contributed by atoms with E-state index in [9.17, 15) is 13.2 Å². The van der Waals surface area contributed by atoms with Crippen molar-refractivity contribution >= 4 is 0 Å². The molecule has 10 heavy (non-hydrogen) atoms. The Bertz CT molecular complexity index is 137. The summed E-state index contributed by atoms with van der Waals surface area (Å²) >= 11 is 0. The third kappa shape index (κ3) is 0.905. The van der Waals surface area contributed by atoms with Gasteiger partial charge >= 0.3 is 0 Å². The standard InChI is InChI=1S/C6H9F3O/c7-5(4-10)2-1-3-6(5,8)9/h10H,1-4H2. The van der Waals surface area contributed by atoms with Crippen LogP contribution >= 0.6 is 0 Å². The van der Waals surface area contributed by atoms with E-state index in [1.807, 2.05) is 0 Å². The number of aliphatic hydroxyl groups excluding tert-OH is 1. The van der Waals surface area contributed by atoms with E-state index in [1.54, 1.807) is 0 Å². The van der Waals surface area contributed by atoms with Crippen LogP contribution < -0.4 is 0 Å². The summed E-state index contributed by atoms with van der Waals surface area (Å²) in [6.45, 7) is -1.07. The Morgan fingerprint density at radius 3 is 2.00 bits per heavy atom. The Kier molecular flexibility index (Phi) is 1.66. The predicted molar refractivity (Wildman–Crippen MR) is 29.7 cm³/mol. The summed E-state index contributed by atoms with van der Waals surface area (Å²) in [6.07, 6.45) is -0.509. The lowest BCUT2D eigenvalue weighted by atomic mass is 10.0. The van der Waals surface area contributed by atoms with Crippen molar-refractivity contribution in [1.29, 1.82) is 0 Å². The predicted octanol–water partition coefficient (Wildman–Crippen LogP) is 1.51. The SMILES string of the molecule is OCC1(F)CCCC1(F)F. The first kappa shape index (κ1) is 7.85. The summed E-state index contributed by atoms with van der Waals surface area (Å²) in [5.74, 6) is -3.32. The summed E-state index contributed by atoms with van der Waals surface area (Å²) in [5, 5.41) is 8.31. The molecule has 0 heterocycles. The van der Waals surface area contributed by atoms with Crippen molar-refractivity contribution in [2.24, 2.45) is 0 Å². The minimum atomic E-state index is -3.32. The Hall–Kier alpha value is -0.250. The minimum absolute atomic E-state index is 0.157. The van der Waals surface area contributed by atoms with Crippen LogP contribution in [0.3, 0.4) is 0 Å². The van der Waals surface area contributed by atoms with E-state index >= 15 is 0 Å². The maximum Gasteiger partial charge on any atom is 0.283 e. The molecule has 60 valence electrons. The van der Waals surface area contributed by atoms with Crippen LogP contribution in [0.4, 0.5) is 13.2 Å². The average molecular weight is 154 g/mol. The molecule has 0 spiro atoms. The maximum absolute atomic E-state index is 12.8. The smallest absolute Gasteiger partial charge is 0.283 e. The van der Waals surface area contributed by atoms with Gasteiger partial charge in [0.25, 0.3) is 5.92 Å². The zero-order valence-corrected chi connectivity index (χ0v) is 5.41. The first-order valence-corrected chi connectivity index (χ1v) is 3.19. The molecule has 0 aromatic carbocycles. The van der Waals surface area contributed by atoms with Crippen molar-refractivity contribution in [3.8, 4) is 0 Å². The van der Waals surface area contributed by atoms with Crippen molar-refractivity contribution in [3.05, 3.63) is 0 Å². The van der Waals surface area contributed by atoms with Gasteiger partial charge in [-0.25, -0.2) is 13.2 Å². The van der Waals surface area contributed by atoms with E-state index < -0.39 is 24.6 Å². The fourth-order valence-electron chi connectivity index (χ4n) is 1.19. The molecule has 1 aliphatic rings. The van der Waals surface area contributed by atoms with E-state index in [2.05, 4.69) is 0 Å². The van der Waals surface area contributed by atoms with Gasteiger partial charge < -0.3 is 5.11 Å². The highest BCUT2D eigenvalue weighted by Gasteiger charge is 2.57. The van der Waals surface area contributed by atoms with Crippen molar-refractivity contribution < 1.29 is 18.3 Å². The zero-order valence-electron chi connectivity index (χ0n) is 5.41. The van der Waals surface area contributed by atoms with Crippen LogP contribution in [-0.4, -0.2) is 23.3 Å². The summed E-state index contributed by atoms with van der Waals surface area (Å²) < 4.78 is 37.7. The van der Waals surface area contributed by atoms with Crippen molar-refractivity contribution in [2.45, 2.75) is 30.9 Å². The van der Waals surface area contributed by atoms with E-state index in [4.69, 9.17) is 5.11 Å². The van der Waals surface area contributed by atoms with Gasteiger partial charge in [-0.1, -0.05) is 0 Å². The molecule has 0 bridgehead atoms. The second-order valence-electron chi connectivity index (χ2n) is 2.68. The molecular weight excluding hydrogens is 145 g/mol. The summed E-state index contributed by atoms with van der Waals surface area (Å²) in [7, 11) is 0. The Balaban J connectivity index is 2.76. The van der Waals surface area contributed by atoms with E-state index in [1.165, 1.54) is 0 Å².